The van der Waals surface area contributed by atoms with Crippen molar-refractivity contribution in [2.24, 2.45) is 0 Å². The van der Waals surface area contributed by atoms with Gasteiger partial charge in [0.2, 0.25) is 5.91 Å². The van der Waals surface area contributed by atoms with Crippen molar-refractivity contribution in [1.29, 1.82) is 0 Å². The summed E-state index contributed by atoms with van der Waals surface area (Å²) in [4.78, 5) is 14.8. The molecule has 1 unspecified atom stereocenters. The number of carbonyl (C=O) groups excluding carboxylic acids is 1. The smallest absolute Gasteiger partial charge is 0.241 e. The van der Waals surface area contributed by atoms with E-state index in [9.17, 15) is 4.79 Å². The van der Waals surface area contributed by atoms with Crippen LogP contribution in [0.1, 0.15) is 43.0 Å². The minimum atomic E-state index is -0.643. The molecule has 5 rings (SSSR count). The van der Waals surface area contributed by atoms with Crippen LogP contribution in [-0.4, -0.2) is 24.7 Å². The van der Waals surface area contributed by atoms with E-state index in [2.05, 4.69) is 61.3 Å². The van der Waals surface area contributed by atoms with Crippen molar-refractivity contribution in [2.75, 3.05) is 18.1 Å². The average Bonchev–Trinajstić information content (AvgIpc) is 3.28. The van der Waals surface area contributed by atoms with Gasteiger partial charge in [-0.3, -0.25) is 4.79 Å². The van der Waals surface area contributed by atoms with Gasteiger partial charge in [0.15, 0.2) is 11.5 Å². The van der Waals surface area contributed by atoms with Crippen LogP contribution >= 0.6 is 11.6 Å². The number of anilines is 1. The normalized spacial score (nSPS) is 19.8. The number of carbonyl (C=O) groups is 1. The molecule has 1 amide bonds. The first-order chi connectivity index (χ1) is 17.2. The highest BCUT2D eigenvalue weighted by Gasteiger charge is 2.59. The maximum atomic E-state index is 12.6. The van der Waals surface area contributed by atoms with E-state index in [-0.39, 0.29) is 11.3 Å². The molecular formula is C30H31ClN2O3. The van der Waals surface area contributed by atoms with Crippen LogP contribution in [-0.2, 0) is 16.8 Å². The van der Waals surface area contributed by atoms with Crippen LogP contribution in [0, 0.1) is 6.92 Å². The zero-order valence-corrected chi connectivity index (χ0v) is 21.9. The molecule has 0 aliphatic carbocycles. The third kappa shape index (κ3) is 4.11. The molecule has 36 heavy (non-hydrogen) atoms. The Morgan fingerprint density at radius 1 is 1.03 bits per heavy atom. The molecule has 0 saturated carbocycles. The Hall–Kier alpha value is -3.44. The fraction of sp³-hybridized carbons (Fsp3) is 0.300. The lowest BCUT2D eigenvalue weighted by atomic mass is 9.75. The maximum Gasteiger partial charge on any atom is 0.241 e. The highest BCUT2D eigenvalue weighted by atomic mass is 35.5. The number of aryl methyl sites for hydroxylation is 1. The van der Waals surface area contributed by atoms with Gasteiger partial charge < -0.3 is 19.7 Å². The SMILES string of the molecule is CCOc1cc(/C=C/C23NC(=O)CN2c2ccc(C)cc2C3(C)C)ccc1OCc1ccc(Cl)cc1. The molecule has 0 radical (unpaired) electrons. The van der Waals surface area contributed by atoms with Crippen molar-refractivity contribution in [3.63, 3.8) is 0 Å². The van der Waals surface area contributed by atoms with E-state index in [0.29, 0.717) is 36.3 Å². The molecule has 1 fully saturated rings. The van der Waals surface area contributed by atoms with Crippen LogP contribution in [0.15, 0.2) is 66.7 Å². The molecule has 1 saturated heterocycles. The predicted molar refractivity (Wildman–Crippen MR) is 145 cm³/mol. The molecule has 0 spiro atoms. The number of hydrogen-bond acceptors (Lipinski definition) is 4. The summed E-state index contributed by atoms with van der Waals surface area (Å²) in [5.74, 6) is 1.39. The molecule has 3 aromatic rings. The molecule has 5 nitrogen and oxygen atoms in total. The van der Waals surface area contributed by atoms with Crippen molar-refractivity contribution >= 4 is 29.3 Å². The van der Waals surface area contributed by atoms with Gasteiger partial charge >= 0.3 is 0 Å². The summed E-state index contributed by atoms with van der Waals surface area (Å²) in [6.07, 6.45) is 4.18. The molecule has 2 aliphatic heterocycles. The highest BCUT2D eigenvalue weighted by molar-refractivity contribution is 6.30. The summed E-state index contributed by atoms with van der Waals surface area (Å²) in [6, 6.07) is 20.0. The van der Waals surface area contributed by atoms with Crippen molar-refractivity contribution in [3.8, 4) is 11.5 Å². The topological polar surface area (TPSA) is 50.8 Å². The van der Waals surface area contributed by atoms with Crippen molar-refractivity contribution in [2.45, 2.75) is 45.4 Å². The summed E-state index contributed by atoms with van der Waals surface area (Å²) in [6.45, 7) is 9.73. The number of fused-ring (bicyclic) bond motifs is 3. The van der Waals surface area contributed by atoms with Gasteiger partial charge in [0.1, 0.15) is 12.3 Å². The van der Waals surface area contributed by atoms with Gasteiger partial charge in [-0.25, -0.2) is 0 Å². The van der Waals surface area contributed by atoms with Crippen LogP contribution < -0.4 is 19.7 Å². The Bertz CT molecular complexity index is 1330. The lowest BCUT2D eigenvalue weighted by molar-refractivity contribution is -0.118. The van der Waals surface area contributed by atoms with Gasteiger partial charge in [-0.1, -0.05) is 67.4 Å². The Morgan fingerprint density at radius 3 is 2.56 bits per heavy atom. The number of rotatable bonds is 7. The number of nitrogens with one attached hydrogen (secondary N) is 1. The van der Waals surface area contributed by atoms with Crippen LogP contribution in [0.2, 0.25) is 5.02 Å². The standard InChI is InChI=1S/C30H31ClN2O3/c1-5-35-27-17-21(9-13-26(27)36-19-22-7-10-23(31)11-8-22)14-15-30-29(3,4)24-16-20(2)6-12-25(24)33(30)18-28(34)32-30/h6-17H,5,18-19H2,1-4H3,(H,32,34)/b15-14+. The maximum absolute atomic E-state index is 12.6. The van der Waals surface area contributed by atoms with Crippen LogP contribution in [0.25, 0.3) is 6.08 Å². The van der Waals surface area contributed by atoms with Crippen LogP contribution in [0.4, 0.5) is 5.69 Å². The largest absolute Gasteiger partial charge is 0.490 e. The van der Waals surface area contributed by atoms with Crippen LogP contribution in [0.5, 0.6) is 11.5 Å². The quantitative estimate of drug-likeness (QED) is 0.414. The first-order valence-electron chi connectivity index (χ1n) is 12.3. The van der Waals surface area contributed by atoms with Gasteiger partial charge in [0.25, 0.3) is 0 Å². The van der Waals surface area contributed by atoms with Gasteiger partial charge in [0.05, 0.1) is 13.2 Å². The number of halogens is 1. The second kappa shape index (κ2) is 9.21. The lowest BCUT2D eigenvalue weighted by Gasteiger charge is -2.40. The van der Waals surface area contributed by atoms with Crippen molar-refractivity contribution in [3.05, 3.63) is 94.0 Å². The van der Waals surface area contributed by atoms with E-state index in [1.807, 2.05) is 49.4 Å². The molecule has 2 heterocycles. The zero-order chi connectivity index (χ0) is 25.5. The zero-order valence-electron chi connectivity index (χ0n) is 21.1. The first kappa shape index (κ1) is 24.3. The Morgan fingerprint density at radius 2 is 1.81 bits per heavy atom. The molecule has 186 valence electrons. The van der Waals surface area contributed by atoms with E-state index in [1.165, 1.54) is 11.1 Å². The first-order valence-corrected chi connectivity index (χ1v) is 12.6. The summed E-state index contributed by atoms with van der Waals surface area (Å²) < 4.78 is 12.0. The minimum Gasteiger partial charge on any atom is -0.490 e. The van der Waals surface area contributed by atoms with E-state index in [4.69, 9.17) is 21.1 Å². The fourth-order valence-electron chi connectivity index (χ4n) is 5.26. The fourth-order valence-corrected chi connectivity index (χ4v) is 5.39. The van der Waals surface area contributed by atoms with E-state index < -0.39 is 5.66 Å². The van der Waals surface area contributed by atoms with Crippen molar-refractivity contribution < 1.29 is 14.3 Å². The number of ether oxygens (including phenoxy) is 2. The number of benzene rings is 3. The van der Waals surface area contributed by atoms with Gasteiger partial charge in [-0.15, -0.1) is 0 Å². The van der Waals surface area contributed by atoms with E-state index >= 15 is 0 Å². The van der Waals surface area contributed by atoms with Gasteiger partial charge in [0, 0.05) is 16.1 Å². The number of hydrogen-bond donors (Lipinski definition) is 1. The molecule has 1 atom stereocenters. The molecule has 1 N–H and O–H groups in total. The third-order valence-electron chi connectivity index (χ3n) is 7.22. The van der Waals surface area contributed by atoms with Gasteiger partial charge in [-0.05, 0) is 66.9 Å². The Labute approximate surface area is 217 Å². The number of nitrogens with zero attached hydrogens (tertiary/aromatic N) is 1. The van der Waals surface area contributed by atoms with Gasteiger partial charge in [-0.2, -0.15) is 0 Å². The van der Waals surface area contributed by atoms with E-state index in [1.54, 1.807) is 0 Å². The summed E-state index contributed by atoms with van der Waals surface area (Å²) >= 11 is 5.99. The Kier molecular flexibility index (Phi) is 6.21. The molecule has 6 heteroatoms. The Balaban J connectivity index is 1.44. The average molecular weight is 503 g/mol. The summed E-state index contributed by atoms with van der Waals surface area (Å²) in [5.41, 5.74) is 4.60. The summed E-state index contributed by atoms with van der Waals surface area (Å²) in [7, 11) is 0. The molecule has 0 bridgehead atoms. The van der Waals surface area contributed by atoms with E-state index in [0.717, 1.165) is 16.8 Å². The minimum absolute atomic E-state index is 0.0277. The highest BCUT2D eigenvalue weighted by Crippen LogP contribution is 2.53. The van der Waals surface area contributed by atoms with Crippen LogP contribution in [0.3, 0.4) is 0 Å². The second-order valence-electron chi connectivity index (χ2n) is 9.93. The molecule has 0 aromatic heterocycles. The summed E-state index contributed by atoms with van der Waals surface area (Å²) in [5, 5.41) is 3.98. The molecule has 2 aliphatic rings. The molecule has 3 aromatic carbocycles. The third-order valence-corrected chi connectivity index (χ3v) is 7.47. The second-order valence-corrected chi connectivity index (χ2v) is 10.4. The lowest BCUT2D eigenvalue weighted by Crippen LogP contribution is -2.58. The number of amides is 1. The van der Waals surface area contributed by atoms with Crippen molar-refractivity contribution in [1.82, 2.24) is 5.32 Å². The predicted octanol–water partition coefficient (Wildman–Crippen LogP) is 6.26. The molecular weight excluding hydrogens is 472 g/mol. The monoisotopic (exact) mass is 502 g/mol.